The number of rotatable bonds is 8. The second kappa shape index (κ2) is 9.46. The fraction of sp³-hybridized carbons (Fsp3) is 0.300. The molecule has 0 saturated heterocycles. The van der Waals surface area contributed by atoms with Crippen molar-refractivity contribution in [1.29, 1.82) is 0 Å². The minimum Gasteiger partial charge on any atom is -0.496 e. The predicted octanol–water partition coefficient (Wildman–Crippen LogP) is 3.65. The number of hydrazone groups is 1. The average molecular weight is 356 g/mol. The van der Waals surface area contributed by atoms with Crippen molar-refractivity contribution in [2.24, 2.45) is 5.10 Å². The molecular weight excluding hydrogens is 332 g/mol. The average Bonchev–Trinajstić information content (AvgIpc) is 2.63. The van der Waals surface area contributed by atoms with Crippen LogP contribution in [0.15, 0.2) is 47.6 Å². The molecule has 0 aliphatic heterocycles. The monoisotopic (exact) mass is 356 g/mol. The minimum atomic E-state index is -0.344. The van der Waals surface area contributed by atoms with E-state index in [0.29, 0.717) is 29.4 Å². The third-order valence-corrected chi connectivity index (χ3v) is 3.36. The van der Waals surface area contributed by atoms with Crippen molar-refractivity contribution in [3.63, 3.8) is 0 Å². The number of nitrogens with zero attached hydrogens (tertiary/aromatic N) is 1. The molecular formula is C20H24N2O4. The zero-order valence-corrected chi connectivity index (χ0v) is 15.5. The van der Waals surface area contributed by atoms with Gasteiger partial charge in [-0.2, -0.15) is 5.10 Å². The Morgan fingerprint density at radius 3 is 2.62 bits per heavy atom. The molecule has 138 valence electrons. The molecule has 0 unspecified atom stereocenters. The third-order valence-electron chi connectivity index (χ3n) is 3.36. The number of methoxy groups -OCH3 is 1. The third kappa shape index (κ3) is 5.24. The van der Waals surface area contributed by atoms with Crippen LogP contribution >= 0.6 is 0 Å². The van der Waals surface area contributed by atoms with E-state index in [2.05, 4.69) is 10.5 Å². The summed E-state index contributed by atoms with van der Waals surface area (Å²) in [7, 11) is 1.52. The van der Waals surface area contributed by atoms with Crippen LogP contribution in [0, 0.1) is 0 Å². The van der Waals surface area contributed by atoms with E-state index in [1.165, 1.54) is 7.11 Å². The number of ether oxygens (including phenoxy) is 3. The summed E-state index contributed by atoms with van der Waals surface area (Å²) in [4.78, 5) is 12.2. The molecule has 6 nitrogen and oxygen atoms in total. The Morgan fingerprint density at radius 1 is 1.15 bits per heavy atom. The lowest BCUT2D eigenvalue weighted by atomic mass is 10.2. The first-order valence-corrected chi connectivity index (χ1v) is 8.45. The maximum atomic E-state index is 12.2. The van der Waals surface area contributed by atoms with Gasteiger partial charge in [-0.25, -0.2) is 5.43 Å². The molecule has 1 amide bonds. The van der Waals surface area contributed by atoms with Gasteiger partial charge in [-0.15, -0.1) is 0 Å². The van der Waals surface area contributed by atoms with Gasteiger partial charge in [0.25, 0.3) is 5.91 Å². The van der Waals surface area contributed by atoms with Crippen molar-refractivity contribution in [1.82, 2.24) is 5.43 Å². The number of carbonyl (C=O) groups excluding carboxylic acids is 1. The predicted molar refractivity (Wildman–Crippen MR) is 101 cm³/mol. The summed E-state index contributed by atoms with van der Waals surface area (Å²) in [5.74, 6) is 1.47. The second-order valence-corrected chi connectivity index (χ2v) is 5.71. The normalized spacial score (nSPS) is 10.8. The number of hydrogen-bond acceptors (Lipinski definition) is 5. The van der Waals surface area contributed by atoms with Crippen LogP contribution in [0.2, 0.25) is 0 Å². The smallest absolute Gasteiger partial charge is 0.275 e. The van der Waals surface area contributed by atoms with Gasteiger partial charge in [0.15, 0.2) is 11.5 Å². The maximum Gasteiger partial charge on any atom is 0.275 e. The van der Waals surface area contributed by atoms with Gasteiger partial charge in [-0.1, -0.05) is 12.1 Å². The number of para-hydroxylation sites is 1. The number of amides is 1. The van der Waals surface area contributed by atoms with Gasteiger partial charge in [0.1, 0.15) is 5.75 Å². The van der Waals surface area contributed by atoms with E-state index in [1.807, 2.05) is 39.0 Å². The Kier molecular flexibility index (Phi) is 7.02. The van der Waals surface area contributed by atoms with Crippen LogP contribution < -0.4 is 19.6 Å². The van der Waals surface area contributed by atoms with E-state index in [9.17, 15) is 4.79 Å². The van der Waals surface area contributed by atoms with Crippen molar-refractivity contribution in [2.45, 2.75) is 26.9 Å². The molecule has 2 aromatic carbocycles. The standard InChI is InChI=1S/C20H24N2O4/c1-5-25-19-12-15(10-11-18(19)26-14(2)3)13-21-22-20(23)16-8-6-7-9-17(16)24-4/h6-14H,5H2,1-4H3,(H,22,23)/b21-13+. The summed E-state index contributed by atoms with van der Waals surface area (Å²) in [6, 6.07) is 12.5. The molecule has 0 aliphatic carbocycles. The highest BCUT2D eigenvalue weighted by Gasteiger charge is 2.10. The minimum absolute atomic E-state index is 0.0499. The van der Waals surface area contributed by atoms with Gasteiger partial charge in [0.05, 0.1) is 31.6 Å². The molecule has 1 N–H and O–H groups in total. The zero-order chi connectivity index (χ0) is 18.9. The number of hydrogen-bond donors (Lipinski definition) is 1. The van der Waals surface area contributed by atoms with Crippen LogP contribution in [-0.2, 0) is 0 Å². The van der Waals surface area contributed by atoms with Crippen molar-refractivity contribution < 1.29 is 19.0 Å². The van der Waals surface area contributed by atoms with Crippen molar-refractivity contribution in [3.8, 4) is 17.2 Å². The lowest BCUT2D eigenvalue weighted by molar-refractivity contribution is 0.0952. The highest BCUT2D eigenvalue weighted by atomic mass is 16.5. The Labute approximate surface area is 153 Å². The Morgan fingerprint density at radius 2 is 1.92 bits per heavy atom. The van der Waals surface area contributed by atoms with E-state index in [1.54, 1.807) is 30.5 Å². The molecule has 26 heavy (non-hydrogen) atoms. The zero-order valence-electron chi connectivity index (χ0n) is 15.5. The molecule has 0 aliphatic rings. The lowest BCUT2D eigenvalue weighted by Crippen LogP contribution is -2.18. The van der Waals surface area contributed by atoms with E-state index >= 15 is 0 Å². The summed E-state index contributed by atoms with van der Waals surface area (Å²) in [6.07, 6.45) is 1.60. The molecule has 0 spiro atoms. The quantitative estimate of drug-likeness (QED) is 0.579. The van der Waals surface area contributed by atoms with Crippen molar-refractivity contribution in [3.05, 3.63) is 53.6 Å². The Hall–Kier alpha value is -3.02. The SMILES string of the molecule is CCOc1cc(/C=N/NC(=O)c2ccccc2OC)ccc1OC(C)C. The van der Waals surface area contributed by atoms with E-state index < -0.39 is 0 Å². The number of carbonyl (C=O) groups is 1. The van der Waals surface area contributed by atoms with Crippen LogP contribution in [0.3, 0.4) is 0 Å². The topological polar surface area (TPSA) is 69.2 Å². The van der Waals surface area contributed by atoms with Crippen molar-refractivity contribution >= 4 is 12.1 Å². The lowest BCUT2D eigenvalue weighted by Gasteiger charge is -2.14. The molecule has 2 rings (SSSR count). The van der Waals surface area contributed by atoms with Gasteiger partial charge < -0.3 is 14.2 Å². The molecule has 0 atom stereocenters. The summed E-state index contributed by atoms with van der Waals surface area (Å²) in [5, 5.41) is 4.01. The van der Waals surface area contributed by atoms with Gasteiger partial charge in [-0.05, 0) is 56.7 Å². The second-order valence-electron chi connectivity index (χ2n) is 5.71. The van der Waals surface area contributed by atoms with Crippen LogP contribution in [0.1, 0.15) is 36.7 Å². The highest BCUT2D eigenvalue weighted by Crippen LogP contribution is 2.29. The van der Waals surface area contributed by atoms with Gasteiger partial charge in [0, 0.05) is 0 Å². The molecule has 6 heteroatoms. The van der Waals surface area contributed by atoms with Gasteiger partial charge in [-0.3, -0.25) is 4.79 Å². The Bertz CT molecular complexity index is 772. The maximum absolute atomic E-state index is 12.2. The highest BCUT2D eigenvalue weighted by molar-refractivity contribution is 5.97. The number of nitrogens with one attached hydrogen (secondary N) is 1. The van der Waals surface area contributed by atoms with Crippen LogP contribution in [0.5, 0.6) is 17.2 Å². The molecule has 0 aromatic heterocycles. The van der Waals surface area contributed by atoms with E-state index in [4.69, 9.17) is 14.2 Å². The van der Waals surface area contributed by atoms with Crippen molar-refractivity contribution in [2.75, 3.05) is 13.7 Å². The summed E-state index contributed by atoms with van der Waals surface area (Å²) >= 11 is 0. The molecule has 0 radical (unpaired) electrons. The van der Waals surface area contributed by atoms with Gasteiger partial charge >= 0.3 is 0 Å². The van der Waals surface area contributed by atoms with E-state index in [-0.39, 0.29) is 12.0 Å². The van der Waals surface area contributed by atoms with Crippen LogP contribution in [-0.4, -0.2) is 31.9 Å². The number of benzene rings is 2. The summed E-state index contributed by atoms with van der Waals surface area (Å²) < 4.78 is 16.5. The fourth-order valence-electron chi connectivity index (χ4n) is 2.28. The first kappa shape index (κ1) is 19.3. The van der Waals surface area contributed by atoms with Crippen LogP contribution in [0.4, 0.5) is 0 Å². The fourth-order valence-corrected chi connectivity index (χ4v) is 2.28. The Balaban J connectivity index is 2.10. The molecule has 0 fully saturated rings. The molecule has 0 heterocycles. The first-order chi connectivity index (χ1) is 12.5. The molecule has 2 aromatic rings. The first-order valence-electron chi connectivity index (χ1n) is 8.45. The molecule has 0 bridgehead atoms. The van der Waals surface area contributed by atoms with Crippen LogP contribution in [0.25, 0.3) is 0 Å². The summed E-state index contributed by atoms with van der Waals surface area (Å²) in [5.41, 5.74) is 3.70. The molecule has 0 saturated carbocycles. The largest absolute Gasteiger partial charge is 0.496 e. The van der Waals surface area contributed by atoms with E-state index in [0.717, 1.165) is 5.56 Å². The summed E-state index contributed by atoms with van der Waals surface area (Å²) in [6.45, 7) is 6.35. The van der Waals surface area contributed by atoms with Gasteiger partial charge in [0.2, 0.25) is 0 Å².